The number of rotatable bonds is 3. The molecule has 0 aliphatic carbocycles. The molecule has 0 aliphatic rings. The summed E-state index contributed by atoms with van der Waals surface area (Å²) in [6.07, 6.45) is 3.12. The molecule has 0 heterocycles. The average Bonchev–Trinajstić information content (AvgIpc) is 1.63. The van der Waals surface area contributed by atoms with Gasteiger partial charge < -0.3 is 6.92 Å². The van der Waals surface area contributed by atoms with Gasteiger partial charge in [-0.1, -0.05) is 33.3 Å². The molecule has 0 N–H and O–H groups in total. The number of hydrogen-bond donors (Lipinski definition) is 0. The second-order valence-corrected chi connectivity index (χ2v) is 3.50. The minimum Gasteiger partial charge on any atom is -0.341 e. The summed E-state index contributed by atoms with van der Waals surface area (Å²) in [5, 5.41) is 0. The molecule has 1 radical (unpaired) electrons. The van der Waals surface area contributed by atoms with Gasteiger partial charge in [-0.25, -0.2) is 0 Å². The maximum Gasteiger partial charge on any atom is 0 e. The van der Waals surface area contributed by atoms with Gasteiger partial charge in [0.25, 0.3) is 0 Å². The first-order chi connectivity index (χ1) is 3.98. The quantitative estimate of drug-likeness (QED) is 0.500. The minimum absolute atomic E-state index is 0. The van der Waals surface area contributed by atoms with Crippen molar-refractivity contribution in [2.24, 2.45) is 11.3 Å². The smallest absolute Gasteiger partial charge is 0 e. The Morgan fingerprint density at radius 3 is 2.10 bits per heavy atom. The van der Waals surface area contributed by atoms with Crippen molar-refractivity contribution in [3.05, 3.63) is 19.6 Å². The van der Waals surface area contributed by atoms with Crippen molar-refractivity contribution in [1.82, 2.24) is 0 Å². The largest absolute Gasteiger partial charge is 0.341 e. The molecule has 1 unspecified atom stereocenters. The first kappa shape index (κ1) is 13.4. The van der Waals surface area contributed by atoms with E-state index < -0.39 is 0 Å². The zero-order valence-electron chi connectivity index (χ0n) is 7.35. The Kier molecular flexibility index (Phi) is 7.37. The van der Waals surface area contributed by atoms with E-state index in [4.69, 9.17) is 0 Å². The molecule has 1 heteroatoms. The van der Waals surface area contributed by atoms with Crippen molar-refractivity contribution in [3.8, 4) is 0 Å². The average molecular weight is 214 g/mol. The second-order valence-electron chi connectivity index (χ2n) is 3.50. The summed E-state index contributed by atoms with van der Waals surface area (Å²) in [4.78, 5) is 0. The van der Waals surface area contributed by atoms with E-state index in [2.05, 4.69) is 34.3 Å². The maximum atomic E-state index is 3.92. The SMILES string of the molecule is C=CC(C)(C)CC([CH2-])C.[Y]. The molecule has 0 fully saturated rings. The minimum atomic E-state index is 0. The molecular formula is C9H17Y-. The van der Waals surface area contributed by atoms with Crippen molar-refractivity contribution in [1.29, 1.82) is 0 Å². The summed E-state index contributed by atoms with van der Waals surface area (Å²) in [5.41, 5.74) is 0.265. The number of hydrogen-bond acceptors (Lipinski definition) is 0. The summed E-state index contributed by atoms with van der Waals surface area (Å²) in [6, 6.07) is 0. The molecule has 0 aliphatic heterocycles. The first-order valence-corrected chi connectivity index (χ1v) is 3.44. The Labute approximate surface area is 90.4 Å². The fourth-order valence-electron chi connectivity index (χ4n) is 0.981. The van der Waals surface area contributed by atoms with Crippen LogP contribution in [0.15, 0.2) is 12.7 Å². The topological polar surface area (TPSA) is 0 Å². The van der Waals surface area contributed by atoms with Crippen LogP contribution >= 0.6 is 0 Å². The van der Waals surface area contributed by atoms with Gasteiger partial charge in [0, 0.05) is 32.7 Å². The van der Waals surface area contributed by atoms with Gasteiger partial charge in [0.15, 0.2) is 0 Å². The monoisotopic (exact) mass is 214 g/mol. The van der Waals surface area contributed by atoms with Crippen LogP contribution in [-0.4, -0.2) is 0 Å². The molecule has 57 valence electrons. The van der Waals surface area contributed by atoms with E-state index in [9.17, 15) is 0 Å². The molecule has 10 heavy (non-hydrogen) atoms. The molecule has 0 rings (SSSR count). The summed E-state index contributed by atoms with van der Waals surface area (Å²) in [5.74, 6) is 0.526. The van der Waals surface area contributed by atoms with E-state index in [-0.39, 0.29) is 38.1 Å². The molecule has 0 spiro atoms. The first-order valence-electron chi connectivity index (χ1n) is 3.44. The van der Waals surface area contributed by atoms with Gasteiger partial charge >= 0.3 is 0 Å². The van der Waals surface area contributed by atoms with Gasteiger partial charge in [-0.05, 0) is 5.41 Å². The van der Waals surface area contributed by atoms with Gasteiger partial charge in [-0.2, -0.15) is 5.92 Å². The zero-order chi connectivity index (χ0) is 7.49. The van der Waals surface area contributed by atoms with Gasteiger partial charge in [-0.3, -0.25) is 0 Å². The van der Waals surface area contributed by atoms with Gasteiger partial charge in [0.1, 0.15) is 0 Å². The third kappa shape index (κ3) is 6.96. The molecule has 1 atom stereocenters. The van der Waals surface area contributed by atoms with Crippen LogP contribution in [0.4, 0.5) is 0 Å². The van der Waals surface area contributed by atoms with Crippen molar-refractivity contribution >= 4 is 0 Å². The molecular weight excluding hydrogens is 197 g/mol. The summed E-state index contributed by atoms with van der Waals surface area (Å²) < 4.78 is 0. The molecule has 0 bridgehead atoms. The van der Waals surface area contributed by atoms with Gasteiger partial charge in [0.2, 0.25) is 0 Å². The normalized spacial score (nSPS) is 13.6. The van der Waals surface area contributed by atoms with E-state index >= 15 is 0 Å². The van der Waals surface area contributed by atoms with Gasteiger partial charge in [0.05, 0.1) is 0 Å². The van der Waals surface area contributed by atoms with Crippen molar-refractivity contribution in [3.63, 3.8) is 0 Å². The van der Waals surface area contributed by atoms with E-state index in [0.717, 1.165) is 6.42 Å². The zero-order valence-corrected chi connectivity index (χ0v) is 10.2. The molecule has 0 nitrogen and oxygen atoms in total. The van der Waals surface area contributed by atoms with Crippen LogP contribution in [0.3, 0.4) is 0 Å². The molecule has 0 aromatic carbocycles. The third-order valence-electron chi connectivity index (χ3n) is 1.43. The van der Waals surface area contributed by atoms with Crippen LogP contribution in [0.2, 0.25) is 0 Å². The van der Waals surface area contributed by atoms with E-state index in [1.807, 2.05) is 6.08 Å². The fraction of sp³-hybridized carbons (Fsp3) is 0.667. The Hall–Kier alpha value is 0.844. The van der Waals surface area contributed by atoms with Crippen LogP contribution in [0, 0.1) is 18.3 Å². The number of allylic oxidation sites excluding steroid dienone is 1. The predicted octanol–water partition coefficient (Wildman–Crippen LogP) is 3.06. The van der Waals surface area contributed by atoms with Crippen LogP contribution < -0.4 is 0 Å². The summed E-state index contributed by atoms with van der Waals surface area (Å²) in [6.45, 7) is 14.2. The van der Waals surface area contributed by atoms with Crippen LogP contribution in [-0.2, 0) is 32.7 Å². The Morgan fingerprint density at radius 1 is 1.60 bits per heavy atom. The summed E-state index contributed by atoms with van der Waals surface area (Å²) >= 11 is 0. The third-order valence-corrected chi connectivity index (χ3v) is 1.43. The van der Waals surface area contributed by atoms with Crippen molar-refractivity contribution in [2.45, 2.75) is 27.2 Å². The van der Waals surface area contributed by atoms with E-state index in [1.54, 1.807) is 0 Å². The van der Waals surface area contributed by atoms with E-state index in [0.29, 0.717) is 5.92 Å². The second kappa shape index (κ2) is 5.49. The summed E-state index contributed by atoms with van der Waals surface area (Å²) in [7, 11) is 0. The van der Waals surface area contributed by atoms with Gasteiger partial charge in [-0.15, -0.1) is 6.58 Å². The standard InChI is InChI=1S/C9H17.Y/c1-6-9(4,5)7-8(2)3;/h6,8H,1-2,7H2,3-5H3;/q-1;. The Morgan fingerprint density at radius 2 is 2.00 bits per heavy atom. The van der Waals surface area contributed by atoms with Crippen molar-refractivity contribution < 1.29 is 32.7 Å². The Bertz CT molecular complexity index is 92.9. The predicted molar refractivity (Wildman–Crippen MR) is 43.1 cm³/mol. The van der Waals surface area contributed by atoms with Crippen LogP contribution in [0.5, 0.6) is 0 Å². The molecule has 0 saturated carbocycles. The van der Waals surface area contributed by atoms with Crippen LogP contribution in [0.25, 0.3) is 0 Å². The molecule has 0 amide bonds. The van der Waals surface area contributed by atoms with Crippen molar-refractivity contribution in [2.75, 3.05) is 0 Å². The fourth-order valence-corrected chi connectivity index (χ4v) is 0.981. The molecule has 0 aromatic rings. The van der Waals surface area contributed by atoms with Crippen LogP contribution in [0.1, 0.15) is 27.2 Å². The van der Waals surface area contributed by atoms with E-state index in [1.165, 1.54) is 0 Å². The molecule has 0 aromatic heterocycles. The molecule has 0 saturated heterocycles. The Balaban J connectivity index is 0. The maximum absolute atomic E-state index is 3.92.